The second-order valence-corrected chi connectivity index (χ2v) is 7.88. The number of furan rings is 1. The van der Waals surface area contributed by atoms with Crippen molar-refractivity contribution in [1.82, 2.24) is 14.8 Å². The number of aromatic nitrogens is 1. The minimum Gasteiger partial charge on any atom is -0.468 e. The predicted molar refractivity (Wildman–Crippen MR) is 99.7 cm³/mol. The molecule has 0 spiro atoms. The first-order chi connectivity index (χ1) is 12.6. The van der Waals surface area contributed by atoms with Crippen LogP contribution in [0.3, 0.4) is 0 Å². The Balaban J connectivity index is 1.46. The SMILES string of the molecule is Cc1cncc(C(=O)N2C[C@@H]3CCC[C@H](N(C)Cc4ccco4)[C@@H]3C2)c1. The molecule has 0 aromatic carbocycles. The van der Waals surface area contributed by atoms with Crippen molar-refractivity contribution in [1.29, 1.82) is 0 Å². The van der Waals surface area contributed by atoms with Crippen LogP contribution >= 0.6 is 0 Å². The van der Waals surface area contributed by atoms with E-state index in [1.165, 1.54) is 19.3 Å². The van der Waals surface area contributed by atoms with E-state index in [-0.39, 0.29) is 5.91 Å². The van der Waals surface area contributed by atoms with Gasteiger partial charge in [0.2, 0.25) is 0 Å². The van der Waals surface area contributed by atoms with Gasteiger partial charge in [0, 0.05) is 31.5 Å². The summed E-state index contributed by atoms with van der Waals surface area (Å²) >= 11 is 0. The Morgan fingerprint density at radius 1 is 1.35 bits per heavy atom. The highest BCUT2D eigenvalue weighted by Crippen LogP contribution is 2.39. The van der Waals surface area contributed by atoms with Gasteiger partial charge in [-0.3, -0.25) is 14.7 Å². The monoisotopic (exact) mass is 353 g/mol. The van der Waals surface area contributed by atoms with Crippen LogP contribution in [0.25, 0.3) is 0 Å². The molecule has 3 atom stereocenters. The molecule has 2 aliphatic rings. The maximum atomic E-state index is 12.9. The molecule has 1 saturated carbocycles. The summed E-state index contributed by atoms with van der Waals surface area (Å²) in [5.41, 5.74) is 1.74. The molecule has 2 aromatic rings. The Morgan fingerprint density at radius 3 is 3.00 bits per heavy atom. The van der Waals surface area contributed by atoms with Crippen molar-refractivity contribution in [2.75, 3.05) is 20.1 Å². The number of likely N-dealkylation sites (tertiary alicyclic amines) is 1. The highest BCUT2D eigenvalue weighted by molar-refractivity contribution is 5.94. The van der Waals surface area contributed by atoms with Gasteiger partial charge < -0.3 is 9.32 Å². The van der Waals surface area contributed by atoms with Gasteiger partial charge in [-0.15, -0.1) is 0 Å². The van der Waals surface area contributed by atoms with E-state index in [1.54, 1.807) is 18.7 Å². The lowest BCUT2D eigenvalue weighted by atomic mass is 9.77. The number of carbonyl (C=O) groups is 1. The summed E-state index contributed by atoms with van der Waals surface area (Å²) in [7, 11) is 2.19. The van der Waals surface area contributed by atoms with Crippen molar-refractivity contribution in [3.63, 3.8) is 0 Å². The topological polar surface area (TPSA) is 49.6 Å². The van der Waals surface area contributed by atoms with Crippen LogP contribution in [-0.2, 0) is 6.54 Å². The summed E-state index contributed by atoms with van der Waals surface area (Å²) in [6.45, 7) is 4.54. The number of carbonyl (C=O) groups excluding carboxylic acids is 1. The van der Waals surface area contributed by atoms with Crippen molar-refractivity contribution in [2.24, 2.45) is 11.8 Å². The molecule has 0 radical (unpaired) electrons. The summed E-state index contributed by atoms with van der Waals surface area (Å²) in [6.07, 6.45) is 8.89. The van der Waals surface area contributed by atoms with Gasteiger partial charge in [0.05, 0.1) is 18.4 Å². The van der Waals surface area contributed by atoms with Crippen LogP contribution in [0.15, 0.2) is 41.3 Å². The van der Waals surface area contributed by atoms with E-state index in [4.69, 9.17) is 4.42 Å². The Bertz CT molecular complexity index is 758. The van der Waals surface area contributed by atoms with Gasteiger partial charge >= 0.3 is 0 Å². The first-order valence-electron chi connectivity index (χ1n) is 9.55. The first kappa shape index (κ1) is 17.3. The minimum absolute atomic E-state index is 0.128. The molecule has 26 heavy (non-hydrogen) atoms. The highest BCUT2D eigenvalue weighted by Gasteiger charge is 2.43. The zero-order chi connectivity index (χ0) is 18.1. The molecule has 5 heteroatoms. The predicted octanol–water partition coefficient (Wildman–Crippen LogP) is 3.36. The molecular formula is C21H27N3O2. The van der Waals surface area contributed by atoms with Crippen LogP contribution in [0.2, 0.25) is 0 Å². The molecule has 1 saturated heterocycles. The Labute approximate surface area is 155 Å². The zero-order valence-electron chi connectivity index (χ0n) is 15.6. The van der Waals surface area contributed by atoms with Gasteiger partial charge in [-0.05, 0) is 62.4 Å². The van der Waals surface area contributed by atoms with E-state index in [2.05, 4.69) is 16.9 Å². The first-order valence-corrected chi connectivity index (χ1v) is 9.55. The number of hydrogen-bond donors (Lipinski definition) is 0. The number of hydrogen-bond acceptors (Lipinski definition) is 4. The number of fused-ring (bicyclic) bond motifs is 1. The van der Waals surface area contributed by atoms with Gasteiger partial charge in [0.25, 0.3) is 5.91 Å². The molecule has 0 unspecified atom stereocenters. The second-order valence-electron chi connectivity index (χ2n) is 7.88. The molecule has 4 rings (SSSR count). The molecule has 138 valence electrons. The lowest BCUT2D eigenvalue weighted by Crippen LogP contribution is -2.43. The number of aryl methyl sites for hydroxylation is 1. The van der Waals surface area contributed by atoms with Crippen molar-refractivity contribution in [3.8, 4) is 0 Å². The van der Waals surface area contributed by atoms with Crippen LogP contribution in [0.1, 0.15) is 40.9 Å². The Hall–Kier alpha value is -2.14. The summed E-state index contributed by atoms with van der Waals surface area (Å²) in [4.78, 5) is 21.6. The van der Waals surface area contributed by atoms with Crippen LogP contribution in [-0.4, -0.2) is 46.9 Å². The van der Waals surface area contributed by atoms with Crippen LogP contribution < -0.4 is 0 Å². The molecule has 1 aliphatic carbocycles. The van der Waals surface area contributed by atoms with E-state index >= 15 is 0 Å². The number of rotatable bonds is 4. The van der Waals surface area contributed by atoms with Crippen molar-refractivity contribution in [2.45, 2.75) is 38.8 Å². The molecule has 2 aromatic heterocycles. The number of nitrogens with zero attached hydrogens (tertiary/aromatic N) is 3. The standard InChI is InChI=1S/C21H27N3O2/c1-15-9-17(11-22-10-15)21(25)24-12-16-5-3-7-20(19(16)14-24)23(2)13-18-6-4-8-26-18/h4,6,8-11,16,19-20H,3,5,7,12-14H2,1-2H3/t16-,19+,20-/m0/s1. The fourth-order valence-electron chi connectivity index (χ4n) is 4.77. The lowest BCUT2D eigenvalue weighted by molar-refractivity contribution is 0.0766. The van der Waals surface area contributed by atoms with Gasteiger partial charge in [0.1, 0.15) is 5.76 Å². The molecule has 0 bridgehead atoms. The second kappa shape index (κ2) is 7.23. The summed E-state index contributed by atoms with van der Waals surface area (Å²) < 4.78 is 5.52. The van der Waals surface area contributed by atoms with Crippen molar-refractivity contribution < 1.29 is 9.21 Å². The van der Waals surface area contributed by atoms with Gasteiger partial charge in [-0.1, -0.05) is 6.42 Å². The van der Waals surface area contributed by atoms with Crippen molar-refractivity contribution >= 4 is 5.91 Å². The van der Waals surface area contributed by atoms with Crippen molar-refractivity contribution in [3.05, 3.63) is 53.7 Å². The third-order valence-electron chi connectivity index (χ3n) is 6.02. The van der Waals surface area contributed by atoms with E-state index in [0.29, 0.717) is 23.4 Å². The van der Waals surface area contributed by atoms with Crippen LogP contribution in [0, 0.1) is 18.8 Å². The van der Waals surface area contributed by atoms with Gasteiger partial charge in [0.15, 0.2) is 0 Å². The van der Waals surface area contributed by atoms with E-state index < -0.39 is 0 Å². The molecule has 1 amide bonds. The molecule has 5 nitrogen and oxygen atoms in total. The maximum absolute atomic E-state index is 12.9. The summed E-state index contributed by atoms with van der Waals surface area (Å²) in [5.74, 6) is 2.29. The average Bonchev–Trinajstić information content (AvgIpc) is 3.29. The minimum atomic E-state index is 0.128. The molecule has 3 heterocycles. The fraction of sp³-hybridized carbons (Fsp3) is 0.524. The third-order valence-corrected chi connectivity index (χ3v) is 6.02. The highest BCUT2D eigenvalue weighted by atomic mass is 16.3. The number of pyridine rings is 1. The fourth-order valence-corrected chi connectivity index (χ4v) is 4.77. The largest absolute Gasteiger partial charge is 0.468 e. The van der Waals surface area contributed by atoms with E-state index in [1.807, 2.05) is 30.0 Å². The number of amides is 1. The normalized spacial score (nSPS) is 25.5. The lowest BCUT2D eigenvalue weighted by Gasteiger charge is -2.38. The Kier molecular flexibility index (Phi) is 4.81. The molecule has 2 fully saturated rings. The third kappa shape index (κ3) is 3.40. The average molecular weight is 353 g/mol. The Morgan fingerprint density at radius 2 is 2.23 bits per heavy atom. The van der Waals surface area contributed by atoms with Crippen LogP contribution in [0.5, 0.6) is 0 Å². The smallest absolute Gasteiger partial charge is 0.255 e. The summed E-state index contributed by atoms with van der Waals surface area (Å²) in [6, 6.07) is 6.43. The quantitative estimate of drug-likeness (QED) is 0.846. The zero-order valence-corrected chi connectivity index (χ0v) is 15.6. The molecular weight excluding hydrogens is 326 g/mol. The van der Waals surface area contributed by atoms with Gasteiger partial charge in [-0.25, -0.2) is 0 Å². The maximum Gasteiger partial charge on any atom is 0.255 e. The molecule has 1 aliphatic heterocycles. The van der Waals surface area contributed by atoms with E-state index in [9.17, 15) is 4.79 Å². The van der Waals surface area contributed by atoms with E-state index in [0.717, 1.165) is 31.0 Å². The summed E-state index contributed by atoms with van der Waals surface area (Å²) in [5, 5.41) is 0. The van der Waals surface area contributed by atoms with Crippen LogP contribution in [0.4, 0.5) is 0 Å². The molecule has 0 N–H and O–H groups in total. The van der Waals surface area contributed by atoms with Gasteiger partial charge in [-0.2, -0.15) is 0 Å².